The highest BCUT2D eigenvalue weighted by molar-refractivity contribution is 7.89. The second-order valence-corrected chi connectivity index (χ2v) is 9.16. The number of hydrogen-bond acceptors (Lipinski definition) is 7. The Balaban J connectivity index is 1.47. The third kappa shape index (κ3) is 5.44. The molecule has 2 N–H and O–H groups in total. The van der Waals surface area contributed by atoms with E-state index >= 15 is 0 Å². The smallest absolute Gasteiger partial charge is 0.240 e. The molecule has 30 heavy (non-hydrogen) atoms. The summed E-state index contributed by atoms with van der Waals surface area (Å²) < 4.78 is 32.2. The zero-order valence-electron chi connectivity index (χ0n) is 16.7. The molecule has 1 heterocycles. The van der Waals surface area contributed by atoms with Crippen molar-refractivity contribution >= 4 is 32.3 Å². The summed E-state index contributed by atoms with van der Waals surface area (Å²) in [4.78, 5) is 17.1. The van der Waals surface area contributed by atoms with E-state index in [1.54, 1.807) is 23.6 Å². The fraction of sp³-hybridized carbons (Fsp3) is 0.238. The molecule has 3 rings (SSSR count). The highest BCUT2D eigenvalue weighted by Gasteiger charge is 2.15. The van der Waals surface area contributed by atoms with E-state index in [1.807, 2.05) is 25.1 Å². The normalized spacial score (nSPS) is 11.3. The molecule has 9 heteroatoms. The lowest BCUT2D eigenvalue weighted by Gasteiger charge is -2.08. The van der Waals surface area contributed by atoms with Crippen LogP contribution >= 0.6 is 11.3 Å². The van der Waals surface area contributed by atoms with Crippen LogP contribution in [-0.2, 0) is 10.0 Å². The average Bonchev–Trinajstić information content (AvgIpc) is 3.22. The summed E-state index contributed by atoms with van der Waals surface area (Å²) in [6.07, 6.45) is 0.566. The molecule has 2 aromatic carbocycles. The second kappa shape index (κ2) is 9.84. The van der Waals surface area contributed by atoms with Crippen LogP contribution in [0, 0.1) is 6.92 Å². The first-order chi connectivity index (χ1) is 14.4. The van der Waals surface area contributed by atoms with Crippen LogP contribution in [0.15, 0.2) is 58.8 Å². The van der Waals surface area contributed by atoms with Gasteiger partial charge in [0, 0.05) is 24.0 Å². The molecular weight excluding hydrogens is 422 g/mol. The molecule has 0 saturated heterocycles. The maximum Gasteiger partial charge on any atom is 0.240 e. The predicted molar refractivity (Wildman–Crippen MR) is 118 cm³/mol. The highest BCUT2D eigenvalue weighted by atomic mass is 32.2. The molecule has 3 aromatic rings. The number of aryl methyl sites for hydroxylation is 1. The standard InChI is InChI=1S/C21H23N3O4S2/c1-15-6-3-4-7-18(15)20(25)19-14-29-21(24-19)22-12-5-13-23-30(26,27)17-10-8-16(28-2)9-11-17/h3-4,6-11,14,23H,5,12-13H2,1-2H3,(H,22,24). The van der Waals surface area contributed by atoms with Gasteiger partial charge in [-0.05, 0) is 43.2 Å². The number of aromatic nitrogens is 1. The number of rotatable bonds is 10. The number of hydrogen-bond donors (Lipinski definition) is 2. The Hall–Kier alpha value is -2.75. The zero-order valence-corrected chi connectivity index (χ0v) is 18.3. The number of benzene rings is 2. The van der Waals surface area contributed by atoms with E-state index < -0.39 is 10.0 Å². The van der Waals surface area contributed by atoms with Crippen LogP contribution < -0.4 is 14.8 Å². The predicted octanol–water partition coefficient (Wildman–Crippen LogP) is 3.47. The maximum absolute atomic E-state index is 12.6. The van der Waals surface area contributed by atoms with E-state index in [9.17, 15) is 13.2 Å². The molecule has 0 fully saturated rings. The van der Waals surface area contributed by atoms with Gasteiger partial charge >= 0.3 is 0 Å². The molecule has 0 radical (unpaired) electrons. The number of carbonyl (C=O) groups is 1. The summed E-state index contributed by atoms with van der Waals surface area (Å²) in [7, 11) is -2.04. The van der Waals surface area contributed by atoms with Gasteiger partial charge in [0.25, 0.3) is 0 Å². The molecule has 0 amide bonds. The van der Waals surface area contributed by atoms with Gasteiger partial charge in [-0.25, -0.2) is 18.1 Å². The van der Waals surface area contributed by atoms with Gasteiger partial charge in [-0.15, -0.1) is 11.3 Å². The van der Waals surface area contributed by atoms with Gasteiger partial charge in [-0.3, -0.25) is 4.79 Å². The van der Waals surface area contributed by atoms with Crippen LogP contribution in [0.4, 0.5) is 5.13 Å². The van der Waals surface area contributed by atoms with Crippen LogP contribution in [0.25, 0.3) is 0 Å². The fourth-order valence-corrected chi connectivity index (χ4v) is 4.55. The molecule has 1 aromatic heterocycles. The molecule has 7 nitrogen and oxygen atoms in total. The van der Waals surface area contributed by atoms with Crippen molar-refractivity contribution in [2.75, 3.05) is 25.5 Å². The molecular formula is C21H23N3O4S2. The third-order valence-corrected chi connectivity index (χ3v) is 6.70. The van der Waals surface area contributed by atoms with E-state index in [2.05, 4.69) is 15.0 Å². The lowest BCUT2D eigenvalue weighted by Crippen LogP contribution is -2.26. The summed E-state index contributed by atoms with van der Waals surface area (Å²) >= 11 is 1.35. The minimum atomic E-state index is -3.56. The molecule has 0 spiro atoms. The fourth-order valence-electron chi connectivity index (χ4n) is 2.75. The van der Waals surface area contributed by atoms with Gasteiger partial charge in [-0.2, -0.15) is 0 Å². The van der Waals surface area contributed by atoms with E-state index in [0.717, 1.165) is 5.56 Å². The summed E-state index contributed by atoms with van der Waals surface area (Å²) in [6, 6.07) is 13.6. The van der Waals surface area contributed by atoms with Crippen molar-refractivity contribution in [1.82, 2.24) is 9.71 Å². The Labute approximate surface area is 180 Å². The Morgan fingerprint density at radius 2 is 1.83 bits per heavy atom. The summed E-state index contributed by atoms with van der Waals surface area (Å²) in [5.41, 5.74) is 1.95. The van der Waals surface area contributed by atoms with Crippen molar-refractivity contribution in [3.05, 3.63) is 70.7 Å². The molecule has 0 atom stereocenters. The van der Waals surface area contributed by atoms with Crippen LogP contribution in [-0.4, -0.2) is 39.4 Å². The quantitative estimate of drug-likeness (QED) is 0.366. The Morgan fingerprint density at radius 1 is 1.10 bits per heavy atom. The Bertz CT molecular complexity index is 1110. The molecule has 158 valence electrons. The van der Waals surface area contributed by atoms with Crippen LogP contribution in [0.3, 0.4) is 0 Å². The summed E-state index contributed by atoms with van der Waals surface area (Å²) in [5, 5.41) is 5.49. The van der Waals surface area contributed by atoms with E-state index in [4.69, 9.17) is 4.74 Å². The number of nitrogens with one attached hydrogen (secondary N) is 2. The molecule has 0 aliphatic carbocycles. The van der Waals surface area contributed by atoms with Crippen LogP contribution in [0.5, 0.6) is 5.75 Å². The minimum Gasteiger partial charge on any atom is -0.497 e. The number of ketones is 1. The number of ether oxygens (including phenoxy) is 1. The number of anilines is 1. The van der Waals surface area contributed by atoms with Gasteiger partial charge in [0.15, 0.2) is 5.13 Å². The number of methoxy groups -OCH3 is 1. The number of sulfonamides is 1. The first kappa shape index (κ1) is 21.9. The molecule has 0 aliphatic heterocycles. The highest BCUT2D eigenvalue weighted by Crippen LogP contribution is 2.20. The number of nitrogens with zero attached hydrogens (tertiary/aromatic N) is 1. The number of carbonyl (C=O) groups excluding carboxylic acids is 1. The lowest BCUT2D eigenvalue weighted by atomic mass is 10.0. The van der Waals surface area contributed by atoms with Crippen molar-refractivity contribution in [2.45, 2.75) is 18.2 Å². The first-order valence-corrected chi connectivity index (χ1v) is 11.7. The Kier molecular flexibility index (Phi) is 7.20. The Morgan fingerprint density at radius 3 is 2.53 bits per heavy atom. The van der Waals surface area contributed by atoms with Gasteiger partial charge < -0.3 is 10.1 Å². The van der Waals surface area contributed by atoms with Crippen molar-refractivity contribution in [1.29, 1.82) is 0 Å². The summed E-state index contributed by atoms with van der Waals surface area (Å²) in [5.74, 6) is 0.492. The minimum absolute atomic E-state index is 0.107. The molecule has 0 unspecified atom stereocenters. The largest absolute Gasteiger partial charge is 0.497 e. The van der Waals surface area contributed by atoms with Crippen LogP contribution in [0.2, 0.25) is 0 Å². The summed E-state index contributed by atoms with van der Waals surface area (Å²) in [6.45, 7) is 2.70. The SMILES string of the molecule is COc1ccc(S(=O)(=O)NCCCNc2nc(C(=O)c3ccccc3C)cs2)cc1. The van der Waals surface area contributed by atoms with Gasteiger partial charge in [0.2, 0.25) is 15.8 Å². The molecule has 0 aliphatic rings. The van der Waals surface area contributed by atoms with Crippen LogP contribution in [0.1, 0.15) is 28.0 Å². The van der Waals surface area contributed by atoms with Gasteiger partial charge in [-0.1, -0.05) is 24.3 Å². The van der Waals surface area contributed by atoms with E-state index in [0.29, 0.717) is 35.1 Å². The van der Waals surface area contributed by atoms with Crippen molar-refractivity contribution in [3.8, 4) is 5.75 Å². The monoisotopic (exact) mass is 445 g/mol. The van der Waals surface area contributed by atoms with Crippen molar-refractivity contribution in [3.63, 3.8) is 0 Å². The maximum atomic E-state index is 12.6. The second-order valence-electron chi connectivity index (χ2n) is 6.54. The molecule has 0 saturated carbocycles. The topological polar surface area (TPSA) is 97.4 Å². The third-order valence-electron chi connectivity index (χ3n) is 4.42. The van der Waals surface area contributed by atoms with E-state index in [-0.39, 0.29) is 17.2 Å². The van der Waals surface area contributed by atoms with E-state index in [1.165, 1.54) is 30.6 Å². The van der Waals surface area contributed by atoms with Gasteiger partial charge in [0.05, 0.1) is 12.0 Å². The van der Waals surface area contributed by atoms with Crippen molar-refractivity contribution in [2.24, 2.45) is 0 Å². The van der Waals surface area contributed by atoms with Gasteiger partial charge in [0.1, 0.15) is 11.4 Å². The first-order valence-electron chi connectivity index (χ1n) is 9.34. The lowest BCUT2D eigenvalue weighted by molar-refractivity contribution is 0.103. The van der Waals surface area contributed by atoms with Crippen molar-refractivity contribution < 1.29 is 17.9 Å². The molecule has 0 bridgehead atoms. The zero-order chi connectivity index (χ0) is 21.6. The average molecular weight is 446 g/mol. The number of thiazole rings is 1.